The first-order chi connectivity index (χ1) is 32.3. The average Bonchev–Trinajstić information content (AvgIpc) is 3.90. The predicted molar refractivity (Wildman–Crippen MR) is 284 cm³/mol. The van der Waals surface area contributed by atoms with E-state index in [-0.39, 0.29) is 21.7 Å². The van der Waals surface area contributed by atoms with Crippen molar-refractivity contribution < 1.29 is 0 Å². The first-order valence-corrected chi connectivity index (χ1v) is 24.3. The summed E-state index contributed by atoms with van der Waals surface area (Å²) in [4.78, 5) is 2.49. The molecule has 0 radical (unpaired) electrons. The second-order valence-corrected chi connectivity index (χ2v) is 22.1. The van der Waals surface area contributed by atoms with Crippen LogP contribution >= 0.6 is 0 Å². The van der Waals surface area contributed by atoms with Gasteiger partial charge in [-0.25, -0.2) is 0 Å². The van der Waals surface area contributed by atoms with Crippen LogP contribution in [0.25, 0.3) is 76.8 Å². The van der Waals surface area contributed by atoms with E-state index in [0.717, 1.165) is 5.69 Å². The van der Waals surface area contributed by atoms with E-state index in [9.17, 15) is 0 Å². The third-order valence-electron chi connectivity index (χ3n) is 17.2. The van der Waals surface area contributed by atoms with Crippen molar-refractivity contribution in [2.45, 2.75) is 77.0 Å². The second kappa shape index (κ2) is 12.8. The van der Waals surface area contributed by atoms with Gasteiger partial charge in [0, 0.05) is 38.7 Å². The minimum atomic E-state index is -0.211. The first-order valence-electron chi connectivity index (χ1n) is 24.3. The lowest BCUT2D eigenvalue weighted by atomic mass is 9.78. The first kappa shape index (κ1) is 39.0. The molecule has 0 aromatic heterocycles. The maximum absolute atomic E-state index is 2.58. The van der Waals surface area contributed by atoms with Crippen molar-refractivity contribution in [3.05, 3.63) is 220 Å². The van der Waals surface area contributed by atoms with E-state index in [1.807, 2.05) is 0 Å². The van der Waals surface area contributed by atoms with Crippen LogP contribution in [-0.4, -0.2) is 0 Å². The highest BCUT2D eigenvalue weighted by Gasteiger charge is 2.45. The van der Waals surface area contributed by atoms with Crippen LogP contribution in [0.2, 0.25) is 0 Å². The van der Waals surface area contributed by atoms with Crippen LogP contribution in [-0.2, 0) is 21.7 Å². The van der Waals surface area contributed by atoms with Gasteiger partial charge in [0.1, 0.15) is 0 Å². The lowest BCUT2D eigenvalue weighted by Crippen LogP contribution is -2.18. The Hall–Kier alpha value is -7.22. The molecule has 0 unspecified atom stereocenters. The summed E-state index contributed by atoms with van der Waals surface area (Å²) >= 11 is 0. The number of para-hydroxylation sites is 1. The Morgan fingerprint density at radius 2 is 0.701 bits per heavy atom. The summed E-state index contributed by atoms with van der Waals surface area (Å²) in [6.45, 7) is 19.4. The number of hydrogen-bond donors (Lipinski definition) is 0. The molecule has 0 saturated heterocycles. The Bertz CT molecular complexity index is 3860. The summed E-state index contributed by atoms with van der Waals surface area (Å²) in [7, 11) is 0. The Labute approximate surface area is 394 Å². The molecule has 4 aliphatic rings. The van der Waals surface area contributed by atoms with Gasteiger partial charge in [-0.1, -0.05) is 171 Å². The van der Waals surface area contributed by atoms with Gasteiger partial charge in [-0.05, 0) is 182 Å². The van der Waals surface area contributed by atoms with Crippen molar-refractivity contribution in [1.29, 1.82) is 0 Å². The Morgan fingerprint density at radius 1 is 0.269 bits per heavy atom. The Balaban J connectivity index is 0.900. The van der Waals surface area contributed by atoms with E-state index in [0.29, 0.717) is 0 Å². The SMILES string of the molecule is CC1(C)c2cc(N(c3ccccc3)c3ccc4c(c3)C(C)(C)c3cc5c(cc3-4)C(C)(C)c3c-5c4ccccc4c4ccccc34)ccc2-c2cc3c(cc21)-c1c(ccc2ccccc12)C3(C)C. The molecule has 322 valence electrons. The van der Waals surface area contributed by atoms with Gasteiger partial charge in [0.2, 0.25) is 0 Å². The zero-order valence-corrected chi connectivity index (χ0v) is 39.7. The number of anilines is 3. The molecule has 0 aliphatic heterocycles. The molecule has 0 bridgehead atoms. The monoisotopic (exact) mass is 859 g/mol. The average molecular weight is 860 g/mol. The van der Waals surface area contributed by atoms with Crippen LogP contribution in [0.3, 0.4) is 0 Å². The van der Waals surface area contributed by atoms with Gasteiger partial charge < -0.3 is 4.90 Å². The second-order valence-electron chi connectivity index (χ2n) is 22.1. The molecular weight excluding hydrogens is 807 g/mol. The minimum Gasteiger partial charge on any atom is -0.310 e. The summed E-state index contributed by atoms with van der Waals surface area (Å²) in [6.07, 6.45) is 0. The van der Waals surface area contributed by atoms with Crippen LogP contribution in [0.5, 0.6) is 0 Å². The van der Waals surface area contributed by atoms with Crippen molar-refractivity contribution in [2.75, 3.05) is 4.90 Å². The fourth-order valence-corrected chi connectivity index (χ4v) is 13.7. The smallest absolute Gasteiger partial charge is 0.0465 e. The van der Waals surface area contributed by atoms with Crippen LogP contribution in [0, 0.1) is 0 Å². The van der Waals surface area contributed by atoms with Crippen molar-refractivity contribution in [3.63, 3.8) is 0 Å². The fourth-order valence-electron chi connectivity index (χ4n) is 13.7. The number of hydrogen-bond acceptors (Lipinski definition) is 1. The topological polar surface area (TPSA) is 3.24 Å². The molecule has 14 rings (SSSR count). The highest BCUT2D eigenvalue weighted by molar-refractivity contribution is 6.18. The largest absolute Gasteiger partial charge is 0.310 e. The fraction of sp³-hybridized carbons (Fsp3) is 0.182. The molecule has 0 atom stereocenters. The number of benzene rings is 10. The van der Waals surface area contributed by atoms with Gasteiger partial charge in [-0.15, -0.1) is 0 Å². The molecular formula is C66H53N. The molecule has 0 heterocycles. The highest BCUT2D eigenvalue weighted by Crippen LogP contribution is 2.61. The van der Waals surface area contributed by atoms with E-state index in [4.69, 9.17) is 0 Å². The molecule has 0 amide bonds. The van der Waals surface area contributed by atoms with E-state index < -0.39 is 0 Å². The highest BCUT2D eigenvalue weighted by atomic mass is 15.1. The van der Waals surface area contributed by atoms with Gasteiger partial charge in [-0.3, -0.25) is 0 Å². The molecule has 1 heteroatoms. The zero-order valence-electron chi connectivity index (χ0n) is 39.7. The van der Waals surface area contributed by atoms with Crippen LogP contribution < -0.4 is 4.90 Å². The van der Waals surface area contributed by atoms with E-state index >= 15 is 0 Å². The molecule has 0 fully saturated rings. The molecule has 10 aromatic carbocycles. The molecule has 4 aliphatic carbocycles. The van der Waals surface area contributed by atoms with Crippen molar-refractivity contribution >= 4 is 49.4 Å². The van der Waals surface area contributed by atoms with E-state index in [1.54, 1.807) is 0 Å². The van der Waals surface area contributed by atoms with Gasteiger partial charge in [-0.2, -0.15) is 0 Å². The molecule has 0 saturated carbocycles. The number of rotatable bonds is 3. The molecule has 1 nitrogen and oxygen atoms in total. The molecule has 0 N–H and O–H groups in total. The van der Waals surface area contributed by atoms with E-state index in [1.165, 1.54) is 133 Å². The van der Waals surface area contributed by atoms with Crippen molar-refractivity contribution in [2.24, 2.45) is 0 Å². The van der Waals surface area contributed by atoms with Crippen molar-refractivity contribution in [1.82, 2.24) is 0 Å². The Kier molecular flexibility index (Phi) is 7.45. The maximum atomic E-state index is 2.58. The third kappa shape index (κ3) is 4.89. The zero-order chi connectivity index (χ0) is 45.5. The van der Waals surface area contributed by atoms with Gasteiger partial charge >= 0.3 is 0 Å². The van der Waals surface area contributed by atoms with Gasteiger partial charge in [0.15, 0.2) is 0 Å². The quantitative estimate of drug-likeness (QED) is 0.160. The lowest BCUT2D eigenvalue weighted by molar-refractivity contribution is 0.652. The third-order valence-corrected chi connectivity index (χ3v) is 17.2. The van der Waals surface area contributed by atoms with Gasteiger partial charge in [0.25, 0.3) is 0 Å². The normalized spacial score (nSPS) is 16.5. The summed E-state index contributed by atoms with van der Waals surface area (Å²) in [5.74, 6) is 0. The standard InChI is InChI=1S/C66H53N/c1-63(2)53-31-26-38-18-12-13-21-42(38)60(53)51-36-56-49(34-58(51)63)45-29-27-40(32-54(45)64(56,3)4)67(39-19-10-9-11-20-39)41-28-30-46-50-35-59-52(37-57(50)65(5,6)55(46)33-41)61-47-24-16-14-22-43(47)44-23-15-17-25-48(44)62(61)66(59,7)8/h9-37H,1-8H3. The summed E-state index contributed by atoms with van der Waals surface area (Å²) in [5.41, 5.74) is 25.2. The molecule has 10 aromatic rings. The van der Waals surface area contributed by atoms with Gasteiger partial charge in [0.05, 0.1) is 0 Å². The minimum absolute atomic E-state index is 0.0915. The van der Waals surface area contributed by atoms with Crippen LogP contribution in [0.15, 0.2) is 176 Å². The molecule has 67 heavy (non-hydrogen) atoms. The summed E-state index contributed by atoms with van der Waals surface area (Å²) in [6, 6.07) is 67.5. The summed E-state index contributed by atoms with van der Waals surface area (Å²) in [5, 5.41) is 8.05. The molecule has 0 spiro atoms. The lowest BCUT2D eigenvalue weighted by Gasteiger charge is -2.29. The Morgan fingerprint density at radius 3 is 1.31 bits per heavy atom. The number of fused-ring (bicyclic) bond motifs is 19. The maximum Gasteiger partial charge on any atom is 0.0465 e. The predicted octanol–water partition coefficient (Wildman–Crippen LogP) is 17.8. The summed E-state index contributed by atoms with van der Waals surface area (Å²) < 4.78 is 0. The number of nitrogens with zero attached hydrogens (tertiary/aromatic N) is 1. The van der Waals surface area contributed by atoms with Crippen LogP contribution in [0.1, 0.15) is 99.9 Å². The van der Waals surface area contributed by atoms with E-state index in [2.05, 4.69) is 236 Å². The van der Waals surface area contributed by atoms with Crippen LogP contribution in [0.4, 0.5) is 17.1 Å². The van der Waals surface area contributed by atoms with Crippen molar-refractivity contribution in [3.8, 4) is 44.5 Å².